The number of carbonyl (C=O) groups excluding carboxylic acids is 1. The van der Waals surface area contributed by atoms with Crippen molar-refractivity contribution in [1.82, 2.24) is 10.2 Å². The maximum absolute atomic E-state index is 13.7. The van der Waals surface area contributed by atoms with Gasteiger partial charge in [0.1, 0.15) is 11.6 Å². The van der Waals surface area contributed by atoms with Crippen LogP contribution in [0.1, 0.15) is 31.2 Å². The second-order valence-electron chi connectivity index (χ2n) is 8.86. The summed E-state index contributed by atoms with van der Waals surface area (Å²) >= 11 is 0. The third kappa shape index (κ3) is 5.94. The zero-order chi connectivity index (χ0) is 22.6. The van der Waals surface area contributed by atoms with E-state index in [1.807, 2.05) is 18.2 Å². The Balaban J connectivity index is 1.34. The minimum Gasteiger partial charge on any atom is -0.479 e. The van der Waals surface area contributed by atoms with Crippen LogP contribution in [0.3, 0.4) is 0 Å². The van der Waals surface area contributed by atoms with Crippen molar-refractivity contribution in [3.8, 4) is 17.2 Å². The minimum absolute atomic E-state index is 0.111. The molecular formula is C25H29FN2O5. The topological polar surface area (TPSA) is 69.3 Å². The van der Waals surface area contributed by atoms with Crippen molar-refractivity contribution in [2.24, 2.45) is 0 Å². The van der Waals surface area contributed by atoms with Crippen molar-refractivity contribution in [3.63, 3.8) is 0 Å². The van der Waals surface area contributed by atoms with E-state index in [0.29, 0.717) is 25.4 Å². The lowest BCUT2D eigenvalue weighted by Gasteiger charge is -2.29. The first kappa shape index (κ1) is 22.0. The van der Waals surface area contributed by atoms with E-state index in [4.69, 9.17) is 18.9 Å². The Hall–Kier alpha value is -2.84. The zero-order valence-electron chi connectivity index (χ0n) is 18.5. The molecule has 33 heavy (non-hydrogen) atoms. The molecule has 1 N–H and O–H groups in total. The summed E-state index contributed by atoms with van der Waals surface area (Å²) in [6.45, 7) is 2.60. The smallest absolute Gasteiger partial charge is 0.262 e. The Kier molecular flexibility index (Phi) is 6.64. The van der Waals surface area contributed by atoms with Crippen LogP contribution < -0.4 is 19.5 Å². The van der Waals surface area contributed by atoms with Crippen molar-refractivity contribution < 1.29 is 28.1 Å². The fourth-order valence-electron chi connectivity index (χ4n) is 4.21. The number of hydrogen-bond donors (Lipinski definition) is 1. The average Bonchev–Trinajstić information content (AvgIpc) is 3.25. The van der Waals surface area contributed by atoms with Gasteiger partial charge in [0, 0.05) is 38.3 Å². The molecule has 0 spiro atoms. The van der Waals surface area contributed by atoms with Gasteiger partial charge in [-0.1, -0.05) is 12.1 Å². The largest absolute Gasteiger partial charge is 0.479 e. The van der Waals surface area contributed by atoms with Crippen LogP contribution in [0.2, 0.25) is 0 Å². The molecule has 176 valence electrons. The number of nitrogens with zero attached hydrogens (tertiary/aromatic N) is 1. The van der Waals surface area contributed by atoms with Crippen LogP contribution in [-0.4, -0.2) is 55.5 Å². The van der Waals surface area contributed by atoms with E-state index >= 15 is 0 Å². The lowest BCUT2D eigenvalue weighted by Crippen LogP contribution is -2.48. The number of carbonyl (C=O) groups is 1. The molecule has 2 unspecified atom stereocenters. The Bertz CT molecular complexity index is 977. The van der Waals surface area contributed by atoms with Crippen LogP contribution in [0, 0.1) is 5.82 Å². The number of rotatable bonds is 10. The summed E-state index contributed by atoms with van der Waals surface area (Å²) in [4.78, 5) is 15.2. The molecule has 2 aromatic rings. The fourth-order valence-corrected chi connectivity index (χ4v) is 4.21. The summed E-state index contributed by atoms with van der Waals surface area (Å²) in [7, 11) is 0. The Morgan fingerprint density at radius 1 is 1.15 bits per heavy atom. The van der Waals surface area contributed by atoms with Gasteiger partial charge < -0.3 is 24.3 Å². The van der Waals surface area contributed by atoms with Crippen LogP contribution in [0.15, 0.2) is 42.5 Å². The lowest BCUT2D eigenvalue weighted by molar-refractivity contribution is -0.129. The molecule has 1 saturated carbocycles. The molecule has 1 aliphatic carbocycles. The van der Waals surface area contributed by atoms with Gasteiger partial charge in [0.2, 0.25) is 6.79 Å². The summed E-state index contributed by atoms with van der Waals surface area (Å²) in [5.41, 5.74) is 1.05. The number of hydrogen-bond acceptors (Lipinski definition) is 6. The molecule has 5 rings (SSSR count). The predicted octanol–water partition coefficient (Wildman–Crippen LogP) is 3.26. The van der Waals surface area contributed by atoms with Gasteiger partial charge in [0.05, 0.1) is 6.10 Å². The molecule has 1 saturated heterocycles. The molecule has 2 atom stereocenters. The van der Waals surface area contributed by atoms with Crippen LogP contribution in [-0.2, 0) is 16.1 Å². The predicted molar refractivity (Wildman–Crippen MR) is 119 cm³/mol. The molecule has 1 amide bonds. The summed E-state index contributed by atoms with van der Waals surface area (Å²) in [6.07, 6.45) is 3.32. The highest BCUT2D eigenvalue weighted by Gasteiger charge is 2.31. The van der Waals surface area contributed by atoms with Gasteiger partial charge in [-0.05, 0) is 55.5 Å². The maximum atomic E-state index is 13.7. The number of benzene rings is 2. The summed E-state index contributed by atoms with van der Waals surface area (Å²) < 4.78 is 36.6. The van der Waals surface area contributed by atoms with Crippen molar-refractivity contribution in [2.45, 2.75) is 50.5 Å². The Labute approximate surface area is 192 Å². The second-order valence-corrected chi connectivity index (χ2v) is 8.86. The standard InChI is InChI=1S/C25H29FN2O5/c26-18-3-1-4-20(12-18)33-24(25(29)27-19-7-8-19)15-28(14-21-5-2-10-30-21)13-17-6-9-22-23(11-17)32-16-31-22/h1,3-4,6,9,11-12,19,21,24H,2,5,7-8,10,13-16H2,(H,27,29). The van der Waals surface area contributed by atoms with E-state index in [9.17, 15) is 9.18 Å². The molecular weight excluding hydrogens is 427 g/mol. The second kappa shape index (κ2) is 9.97. The highest BCUT2D eigenvalue weighted by atomic mass is 19.1. The number of ether oxygens (including phenoxy) is 4. The molecule has 2 aliphatic heterocycles. The number of amides is 1. The van der Waals surface area contributed by atoms with E-state index in [1.54, 1.807) is 12.1 Å². The molecule has 2 heterocycles. The molecule has 7 nitrogen and oxygen atoms in total. The first-order valence-electron chi connectivity index (χ1n) is 11.6. The zero-order valence-corrected chi connectivity index (χ0v) is 18.5. The highest BCUT2D eigenvalue weighted by molar-refractivity contribution is 5.82. The van der Waals surface area contributed by atoms with Crippen LogP contribution in [0.4, 0.5) is 4.39 Å². The summed E-state index contributed by atoms with van der Waals surface area (Å²) in [5.74, 6) is 1.23. The third-order valence-electron chi connectivity index (χ3n) is 6.04. The number of halogens is 1. The van der Waals surface area contributed by atoms with Gasteiger partial charge in [0.25, 0.3) is 5.91 Å². The van der Waals surface area contributed by atoms with Crippen molar-refractivity contribution in [1.29, 1.82) is 0 Å². The Morgan fingerprint density at radius 3 is 2.82 bits per heavy atom. The number of fused-ring (bicyclic) bond motifs is 1. The molecule has 8 heteroatoms. The van der Waals surface area contributed by atoms with E-state index < -0.39 is 11.9 Å². The molecule has 0 radical (unpaired) electrons. The number of nitrogens with one attached hydrogen (secondary N) is 1. The minimum atomic E-state index is -0.775. The van der Waals surface area contributed by atoms with Gasteiger partial charge in [-0.25, -0.2) is 4.39 Å². The summed E-state index contributed by atoms with van der Waals surface area (Å²) in [6, 6.07) is 12.0. The van der Waals surface area contributed by atoms with Gasteiger partial charge in [0.15, 0.2) is 17.6 Å². The lowest BCUT2D eigenvalue weighted by atomic mass is 10.1. The van der Waals surface area contributed by atoms with Crippen LogP contribution in [0.5, 0.6) is 17.2 Å². The Morgan fingerprint density at radius 2 is 2.03 bits per heavy atom. The van der Waals surface area contributed by atoms with E-state index in [2.05, 4.69) is 10.2 Å². The van der Waals surface area contributed by atoms with E-state index in [-0.39, 0.29) is 24.8 Å². The van der Waals surface area contributed by atoms with Crippen LogP contribution >= 0.6 is 0 Å². The van der Waals surface area contributed by atoms with Crippen molar-refractivity contribution in [2.75, 3.05) is 26.5 Å². The third-order valence-corrected chi connectivity index (χ3v) is 6.04. The van der Waals surface area contributed by atoms with Crippen LogP contribution in [0.25, 0.3) is 0 Å². The maximum Gasteiger partial charge on any atom is 0.262 e. The van der Waals surface area contributed by atoms with Gasteiger partial charge in [-0.15, -0.1) is 0 Å². The van der Waals surface area contributed by atoms with Gasteiger partial charge in [-0.3, -0.25) is 9.69 Å². The molecule has 2 aromatic carbocycles. The van der Waals surface area contributed by atoms with E-state index in [1.165, 1.54) is 12.1 Å². The molecule has 2 fully saturated rings. The van der Waals surface area contributed by atoms with Gasteiger partial charge >= 0.3 is 0 Å². The SMILES string of the molecule is O=C(NC1CC1)C(CN(Cc1ccc2c(c1)OCO2)CC1CCCO1)Oc1cccc(F)c1. The highest BCUT2D eigenvalue weighted by Crippen LogP contribution is 2.33. The normalized spacial score (nSPS) is 20.1. The average molecular weight is 457 g/mol. The van der Waals surface area contributed by atoms with Crippen molar-refractivity contribution in [3.05, 3.63) is 53.8 Å². The monoisotopic (exact) mass is 456 g/mol. The van der Waals surface area contributed by atoms with Gasteiger partial charge in [-0.2, -0.15) is 0 Å². The summed E-state index contributed by atoms with van der Waals surface area (Å²) in [5, 5.41) is 3.03. The first-order valence-corrected chi connectivity index (χ1v) is 11.6. The quantitative estimate of drug-likeness (QED) is 0.592. The molecule has 0 bridgehead atoms. The molecule has 3 aliphatic rings. The van der Waals surface area contributed by atoms with Crippen molar-refractivity contribution >= 4 is 5.91 Å². The van der Waals surface area contributed by atoms with E-state index in [0.717, 1.165) is 49.4 Å². The first-order chi connectivity index (χ1) is 16.1. The fraction of sp³-hybridized carbons (Fsp3) is 0.480. The molecule has 0 aromatic heterocycles.